The molecule has 13 heteroatoms. The molecule has 0 fully saturated rings. The van der Waals surface area contributed by atoms with Crippen molar-refractivity contribution < 1.29 is 40.3 Å². The van der Waals surface area contributed by atoms with Gasteiger partial charge >= 0.3 is 12.1 Å². The maximum atomic E-state index is 14.3. The Morgan fingerprint density at radius 2 is 1.64 bits per heavy atom. The van der Waals surface area contributed by atoms with Gasteiger partial charge in [-0.25, -0.2) is 31.3 Å². The van der Waals surface area contributed by atoms with E-state index < -0.39 is 67.2 Å². The minimum absolute atomic E-state index is 0.244. The fraction of sp³-hybridized carbons (Fsp3) is 0.100. The number of carboxylic acids is 1. The molecule has 0 atom stereocenters. The molecule has 0 radical (unpaired) electrons. The second kappa shape index (κ2) is 8.94. The SMILES string of the molecule is O=C(O)c1ccc(S(=O)(=O)N(Cc2c(F)cccc2F)c2ncc(C(F)(F)F)cc2Cl)cc1. The van der Waals surface area contributed by atoms with E-state index in [1.54, 1.807) is 0 Å². The van der Waals surface area contributed by atoms with Gasteiger partial charge in [-0.05, 0) is 42.5 Å². The lowest BCUT2D eigenvalue weighted by Crippen LogP contribution is -2.32. The molecule has 0 amide bonds. The van der Waals surface area contributed by atoms with Crippen LogP contribution in [0.2, 0.25) is 5.02 Å². The summed E-state index contributed by atoms with van der Waals surface area (Å²) in [5.41, 5.74) is -2.22. The molecule has 1 heterocycles. The summed E-state index contributed by atoms with van der Waals surface area (Å²) >= 11 is 5.90. The van der Waals surface area contributed by atoms with Crippen LogP contribution in [0, 0.1) is 11.6 Å². The van der Waals surface area contributed by atoms with Crippen molar-refractivity contribution in [2.24, 2.45) is 0 Å². The molecular weight excluding hydrogens is 495 g/mol. The van der Waals surface area contributed by atoms with E-state index in [0.717, 1.165) is 42.5 Å². The Balaban J connectivity index is 2.18. The number of aromatic carboxylic acids is 1. The molecular formula is C20H12ClF5N2O4S. The first-order chi connectivity index (χ1) is 15.3. The van der Waals surface area contributed by atoms with E-state index in [-0.39, 0.29) is 5.56 Å². The van der Waals surface area contributed by atoms with Gasteiger partial charge in [0.1, 0.15) is 11.6 Å². The summed E-state index contributed by atoms with van der Waals surface area (Å²) in [7, 11) is -4.72. The van der Waals surface area contributed by atoms with E-state index in [0.29, 0.717) is 16.6 Å². The maximum Gasteiger partial charge on any atom is 0.417 e. The standard InChI is InChI=1S/C20H12ClF5N2O4S/c21-15-8-12(20(24,25)26)9-27-18(15)28(10-14-16(22)2-1-3-17(14)23)33(31,32)13-6-4-11(5-7-13)19(29)30/h1-9H,10H2,(H,29,30). The van der Waals surface area contributed by atoms with Crippen molar-refractivity contribution in [1.82, 2.24) is 4.98 Å². The van der Waals surface area contributed by atoms with Crippen LogP contribution in [0.3, 0.4) is 0 Å². The number of pyridine rings is 1. The molecule has 3 rings (SSSR count). The number of benzene rings is 2. The molecule has 0 unspecified atom stereocenters. The first-order valence-corrected chi connectivity index (χ1v) is 10.7. The van der Waals surface area contributed by atoms with Crippen LogP contribution in [0.25, 0.3) is 0 Å². The molecule has 0 saturated heterocycles. The maximum absolute atomic E-state index is 14.3. The molecule has 0 spiro atoms. The first kappa shape index (κ1) is 24.4. The van der Waals surface area contributed by atoms with Gasteiger partial charge < -0.3 is 5.11 Å². The van der Waals surface area contributed by atoms with Gasteiger partial charge in [0.25, 0.3) is 10.0 Å². The van der Waals surface area contributed by atoms with Crippen molar-refractivity contribution in [3.63, 3.8) is 0 Å². The molecule has 1 aromatic heterocycles. The van der Waals surface area contributed by atoms with Gasteiger partial charge in [0, 0.05) is 11.8 Å². The molecule has 2 aromatic carbocycles. The number of halogens is 6. The lowest BCUT2D eigenvalue weighted by Gasteiger charge is -2.25. The molecule has 1 N–H and O–H groups in total. The van der Waals surface area contributed by atoms with E-state index >= 15 is 0 Å². The van der Waals surface area contributed by atoms with Crippen LogP contribution in [0.4, 0.5) is 27.8 Å². The molecule has 3 aromatic rings. The Labute approximate surface area is 188 Å². The van der Waals surface area contributed by atoms with Crippen LogP contribution in [0.15, 0.2) is 59.6 Å². The predicted octanol–water partition coefficient (Wildman–Crippen LogP) is 5.13. The van der Waals surface area contributed by atoms with Crippen LogP contribution >= 0.6 is 11.6 Å². The minimum atomic E-state index is -4.83. The summed E-state index contributed by atoms with van der Waals surface area (Å²) in [5.74, 6) is -4.27. The first-order valence-electron chi connectivity index (χ1n) is 8.84. The van der Waals surface area contributed by atoms with Crippen molar-refractivity contribution in [2.45, 2.75) is 17.6 Å². The van der Waals surface area contributed by atoms with Gasteiger partial charge in [0.05, 0.1) is 27.6 Å². The van der Waals surface area contributed by atoms with Gasteiger partial charge in [0.15, 0.2) is 5.82 Å². The van der Waals surface area contributed by atoms with Crippen LogP contribution in [0.5, 0.6) is 0 Å². The van der Waals surface area contributed by atoms with E-state index in [9.17, 15) is 35.2 Å². The number of hydrogen-bond donors (Lipinski definition) is 1. The van der Waals surface area contributed by atoms with Gasteiger partial charge in [-0.2, -0.15) is 13.2 Å². The third-order valence-corrected chi connectivity index (χ3v) is 6.47. The summed E-state index contributed by atoms with van der Waals surface area (Å²) in [6, 6.07) is 6.98. The number of nitrogens with zero attached hydrogens (tertiary/aromatic N) is 2. The minimum Gasteiger partial charge on any atom is -0.478 e. The summed E-state index contributed by atoms with van der Waals surface area (Å²) in [6.07, 6.45) is -4.50. The highest BCUT2D eigenvalue weighted by atomic mass is 35.5. The van der Waals surface area contributed by atoms with E-state index in [2.05, 4.69) is 4.98 Å². The van der Waals surface area contributed by atoms with Gasteiger partial charge in [-0.1, -0.05) is 17.7 Å². The summed E-state index contributed by atoms with van der Waals surface area (Å²) in [5, 5.41) is 8.24. The number of anilines is 1. The Kier molecular flexibility index (Phi) is 6.61. The van der Waals surface area contributed by atoms with Crippen molar-refractivity contribution in [3.8, 4) is 0 Å². The van der Waals surface area contributed by atoms with Crippen LogP contribution in [0.1, 0.15) is 21.5 Å². The van der Waals surface area contributed by atoms with Crippen LogP contribution in [-0.2, 0) is 22.7 Å². The largest absolute Gasteiger partial charge is 0.478 e. The molecule has 0 saturated carbocycles. The Morgan fingerprint density at radius 3 is 2.12 bits per heavy atom. The van der Waals surface area contributed by atoms with Crippen molar-refractivity contribution in [2.75, 3.05) is 4.31 Å². The van der Waals surface area contributed by atoms with Crippen LogP contribution < -0.4 is 4.31 Å². The van der Waals surface area contributed by atoms with Gasteiger partial charge in [-0.3, -0.25) is 0 Å². The van der Waals surface area contributed by atoms with E-state index in [1.165, 1.54) is 0 Å². The number of carbonyl (C=O) groups is 1. The number of sulfonamides is 1. The fourth-order valence-electron chi connectivity index (χ4n) is 2.77. The highest BCUT2D eigenvalue weighted by molar-refractivity contribution is 7.92. The molecule has 0 aliphatic heterocycles. The average Bonchev–Trinajstić information content (AvgIpc) is 2.73. The normalized spacial score (nSPS) is 11.9. The number of alkyl halides is 3. The third kappa shape index (κ3) is 5.06. The zero-order valence-electron chi connectivity index (χ0n) is 16.1. The number of carboxylic acid groups (broad SMARTS) is 1. The number of aromatic nitrogens is 1. The topological polar surface area (TPSA) is 87.6 Å². The predicted molar refractivity (Wildman–Crippen MR) is 107 cm³/mol. The zero-order chi connectivity index (χ0) is 24.6. The summed E-state index contributed by atoms with van der Waals surface area (Å²) in [4.78, 5) is 14.0. The highest BCUT2D eigenvalue weighted by Crippen LogP contribution is 2.36. The van der Waals surface area contributed by atoms with Crippen molar-refractivity contribution in [3.05, 3.63) is 88.1 Å². The molecule has 6 nitrogen and oxygen atoms in total. The molecule has 0 aliphatic rings. The molecule has 174 valence electrons. The molecule has 0 bridgehead atoms. The third-order valence-electron chi connectivity index (χ3n) is 4.44. The number of rotatable bonds is 6. The van der Waals surface area contributed by atoms with Gasteiger partial charge in [-0.15, -0.1) is 0 Å². The fourth-order valence-corrected chi connectivity index (χ4v) is 4.49. The quantitative estimate of drug-likeness (QED) is 0.469. The van der Waals surface area contributed by atoms with Crippen molar-refractivity contribution in [1.29, 1.82) is 0 Å². The lowest BCUT2D eigenvalue weighted by molar-refractivity contribution is -0.137. The summed E-state index contributed by atoms with van der Waals surface area (Å²) in [6.45, 7) is -1.00. The Hall–Kier alpha value is -3.25. The van der Waals surface area contributed by atoms with Crippen molar-refractivity contribution >= 4 is 33.4 Å². The molecule has 0 aliphatic carbocycles. The average molecular weight is 507 g/mol. The van der Waals surface area contributed by atoms with Gasteiger partial charge in [0.2, 0.25) is 0 Å². The Morgan fingerprint density at radius 1 is 1.06 bits per heavy atom. The summed E-state index contributed by atoms with van der Waals surface area (Å²) < 4.78 is 94.4. The Bertz CT molecular complexity index is 1290. The monoisotopic (exact) mass is 506 g/mol. The number of hydrogen-bond acceptors (Lipinski definition) is 4. The lowest BCUT2D eigenvalue weighted by atomic mass is 10.2. The van der Waals surface area contributed by atoms with Crippen LogP contribution in [-0.4, -0.2) is 24.5 Å². The second-order valence-corrected chi connectivity index (χ2v) is 8.84. The highest BCUT2D eigenvalue weighted by Gasteiger charge is 2.34. The second-order valence-electron chi connectivity index (χ2n) is 6.57. The van der Waals surface area contributed by atoms with E-state index in [4.69, 9.17) is 16.7 Å². The zero-order valence-corrected chi connectivity index (χ0v) is 17.7. The smallest absolute Gasteiger partial charge is 0.417 e. The molecule has 33 heavy (non-hydrogen) atoms. The van der Waals surface area contributed by atoms with E-state index in [1.807, 2.05) is 0 Å².